The predicted octanol–water partition coefficient (Wildman–Crippen LogP) is 9.17. The van der Waals surface area contributed by atoms with Crippen LogP contribution in [-0.2, 0) is 23.9 Å². The number of hydrogen-bond acceptors (Lipinski definition) is 7. The summed E-state index contributed by atoms with van der Waals surface area (Å²) in [4.78, 5) is 69.7. The van der Waals surface area contributed by atoms with E-state index in [1.54, 1.807) is 25.8 Å². The van der Waals surface area contributed by atoms with E-state index in [4.69, 9.17) is 9.47 Å². The predicted molar refractivity (Wildman–Crippen MR) is 223 cm³/mol. The monoisotopic (exact) mass is 810 g/mol. The molecule has 1 saturated heterocycles. The van der Waals surface area contributed by atoms with Crippen molar-refractivity contribution in [1.29, 1.82) is 0 Å². The number of carboxylic acid groups (broad SMARTS) is 1. The van der Waals surface area contributed by atoms with Crippen LogP contribution in [-0.4, -0.2) is 88.2 Å². The van der Waals surface area contributed by atoms with Crippen LogP contribution in [0, 0.1) is 50.7 Å². The summed E-state index contributed by atoms with van der Waals surface area (Å²) < 4.78 is 11.8. The number of nitrogens with zero attached hydrogens (tertiary/aromatic N) is 2. The number of allylic oxidation sites excluding steroid dienone is 1. The van der Waals surface area contributed by atoms with Crippen molar-refractivity contribution in [1.82, 2.24) is 15.1 Å². The molecule has 4 saturated carbocycles. The number of Topliss-reactive ketones (excluding diaryl/α,β-unsaturated/α-hetero) is 1. The zero-order chi connectivity index (χ0) is 43.2. The SMILES string of the molecule is CC(C)C1=C2[C@H]3CC[C@@H]4[C@@]5(C)CC[C@H](OC(=O)CC(C)(C)C(=O)O)C(C)(C)[C@@H]5CC[C@@]4(C)[C@]3(C)CC[C@@]2(NC(=O)N2CCC(N(C)C(=O)OC(C)(C)C)CC2)CC1=O. The molecule has 6 aliphatic rings. The van der Waals surface area contributed by atoms with Gasteiger partial charge in [0.25, 0.3) is 0 Å². The van der Waals surface area contributed by atoms with Crippen molar-refractivity contribution >= 4 is 29.8 Å². The summed E-state index contributed by atoms with van der Waals surface area (Å²) in [5, 5.41) is 13.2. The Labute approximate surface area is 348 Å². The van der Waals surface area contributed by atoms with Gasteiger partial charge < -0.3 is 29.7 Å². The van der Waals surface area contributed by atoms with Gasteiger partial charge in [-0.25, -0.2) is 9.59 Å². The molecule has 0 spiro atoms. The van der Waals surface area contributed by atoms with Gasteiger partial charge in [-0.3, -0.25) is 14.4 Å². The van der Waals surface area contributed by atoms with E-state index < -0.39 is 28.5 Å². The van der Waals surface area contributed by atoms with Crippen LogP contribution < -0.4 is 5.32 Å². The van der Waals surface area contributed by atoms with Gasteiger partial charge >= 0.3 is 24.1 Å². The smallest absolute Gasteiger partial charge is 0.410 e. The van der Waals surface area contributed by atoms with Crippen molar-refractivity contribution < 1.29 is 38.6 Å². The van der Waals surface area contributed by atoms with Crippen molar-refractivity contribution in [3.05, 3.63) is 11.1 Å². The van der Waals surface area contributed by atoms with Gasteiger partial charge in [0, 0.05) is 38.0 Å². The number of carbonyl (C=O) groups excluding carboxylic acids is 4. The maximum atomic E-state index is 14.3. The number of urea groups is 1. The summed E-state index contributed by atoms with van der Waals surface area (Å²) in [6.07, 6.45) is 8.34. The Morgan fingerprint density at radius 3 is 2.09 bits per heavy atom. The van der Waals surface area contributed by atoms with Gasteiger partial charge in [0.2, 0.25) is 0 Å². The standard InChI is InChI=1S/C47H75N3O8/c1-28(2)36-31(51)26-47(48-39(55)50-24-18-29(19-25-50)49(13)40(56)58-41(3,4)5)23-22-45(11)30(37(36)47)14-15-33-44(10)20-17-34(57-35(52)27-42(6,7)38(53)54)43(8,9)32(44)16-21-46(33,45)12/h28-30,32-34H,14-27H2,1-13H3,(H,48,55)(H,53,54)/t30-,32+,33-,34+,44+,45-,46-,47-/m1/s1. The lowest BCUT2D eigenvalue weighted by Crippen LogP contribution is -2.67. The average Bonchev–Trinajstić information content (AvgIpc) is 3.40. The van der Waals surface area contributed by atoms with Crippen LogP contribution in [0.25, 0.3) is 0 Å². The van der Waals surface area contributed by atoms with Crippen LogP contribution in [0.3, 0.4) is 0 Å². The second kappa shape index (κ2) is 14.8. The third kappa shape index (κ3) is 7.28. The van der Waals surface area contributed by atoms with Crippen molar-refractivity contribution in [2.75, 3.05) is 20.1 Å². The normalized spacial score (nSPS) is 36.3. The highest BCUT2D eigenvalue weighted by Gasteiger charge is 2.70. The number of rotatable bonds is 7. The molecule has 0 aromatic rings. The first-order valence-electron chi connectivity index (χ1n) is 22.4. The molecule has 5 aliphatic carbocycles. The second-order valence-corrected chi connectivity index (χ2v) is 22.7. The highest BCUT2D eigenvalue weighted by Crippen LogP contribution is 2.76. The summed E-state index contributed by atoms with van der Waals surface area (Å²) in [6, 6.07) is -0.125. The largest absolute Gasteiger partial charge is 0.481 e. The summed E-state index contributed by atoms with van der Waals surface area (Å²) in [5.74, 6) is -0.232. The molecule has 3 amide bonds. The Bertz CT molecular complexity index is 1720. The summed E-state index contributed by atoms with van der Waals surface area (Å²) >= 11 is 0. The minimum atomic E-state index is -1.18. The average molecular weight is 810 g/mol. The van der Waals surface area contributed by atoms with E-state index in [1.165, 1.54) is 5.57 Å². The third-order valence-electron chi connectivity index (χ3n) is 17.1. The van der Waals surface area contributed by atoms with Gasteiger partial charge in [-0.05, 0) is 150 Å². The minimum Gasteiger partial charge on any atom is -0.481 e. The lowest BCUT2D eigenvalue weighted by atomic mass is 9.33. The number of ether oxygens (including phenoxy) is 2. The first-order chi connectivity index (χ1) is 26.6. The number of amides is 3. The van der Waals surface area contributed by atoms with E-state index in [0.717, 1.165) is 56.9 Å². The van der Waals surface area contributed by atoms with Gasteiger partial charge in [-0.1, -0.05) is 48.5 Å². The maximum absolute atomic E-state index is 14.3. The van der Waals surface area contributed by atoms with E-state index in [-0.39, 0.29) is 70.0 Å². The van der Waals surface area contributed by atoms with E-state index in [0.29, 0.717) is 44.2 Å². The number of piperidine rings is 1. The van der Waals surface area contributed by atoms with E-state index in [1.807, 2.05) is 25.7 Å². The lowest BCUT2D eigenvalue weighted by molar-refractivity contribution is -0.232. The minimum absolute atomic E-state index is 0.00517. The van der Waals surface area contributed by atoms with Crippen LogP contribution in [0.2, 0.25) is 0 Å². The maximum Gasteiger partial charge on any atom is 0.410 e. The van der Waals surface area contributed by atoms with Gasteiger partial charge in [-0.15, -0.1) is 0 Å². The number of carboxylic acids is 1. The fourth-order valence-corrected chi connectivity index (χ4v) is 13.8. The molecule has 1 aliphatic heterocycles. The highest BCUT2D eigenvalue weighted by molar-refractivity contribution is 6.02. The number of carbonyl (C=O) groups is 5. The van der Waals surface area contributed by atoms with Crippen LogP contribution in [0.4, 0.5) is 9.59 Å². The molecule has 0 unspecified atom stereocenters. The van der Waals surface area contributed by atoms with Crippen molar-refractivity contribution in [2.45, 2.75) is 183 Å². The van der Waals surface area contributed by atoms with E-state index in [2.05, 4.69) is 53.8 Å². The second-order valence-electron chi connectivity index (χ2n) is 22.7. The topological polar surface area (TPSA) is 143 Å². The first kappa shape index (κ1) is 44.4. The van der Waals surface area contributed by atoms with E-state index in [9.17, 15) is 29.1 Å². The number of nitrogens with one attached hydrogen (secondary N) is 1. The molecule has 326 valence electrons. The summed E-state index contributed by atoms with van der Waals surface area (Å²) in [6.45, 7) is 26.1. The van der Waals surface area contributed by atoms with Gasteiger partial charge in [0.15, 0.2) is 5.78 Å². The zero-order valence-corrected chi connectivity index (χ0v) is 38.1. The molecular formula is C47H75N3O8. The molecule has 0 aromatic heterocycles. The Hall–Kier alpha value is -3.11. The van der Waals surface area contributed by atoms with Crippen molar-refractivity contribution in [3.63, 3.8) is 0 Å². The third-order valence-corrected chi connectivity index (χ3v) is 17.1. The van der Waals surface area contributed by atoms with Gasteiger partial charge in [0.1, 0.15) is 11.7 Å². The number of esters is 1. The number of likely N-dealkylation sites (tertiary alicyclic amines) is 1. The molecule has 1 heterocycles. The molecule has 11 heteroatoms. The van der Waals surface area contributed by atoms with Crippen LogP contribution in [0.5, 0.6) is 0 Å². The fraction of sp³-hybridized carbons (Fsp3) is 0.851. The lowest BCUT2D eigenvalue weighted by Gasteiger charge is -2.72. The van der Waals surface area contributed by atoms with Gasteiger partial charge in [-0.2, -0.15) is 0 Å². The number of aliphatic carboxylic acids is 1. The Morgan fingerprint density at radius 1 is 0.862 bits per heavy atom. The molecular weight excluding hydrogens is 735 g/mol. The molecule has 8 atom stereocenters. The van der Waals surface area contributed by atoms with Crippen LogP contribution in [0.1, 0.15) is 160 Å². The molecule has 58 heavy (non-hydrogen) atoms. The summed E-state index contributed by atoms with van der Waals surface area (Å²) in [5.41, 5.74) is -0.610. The molecule has 2 N–H and O–H groups in total. The highest BCUT2D eigenvalue weighted by atomic mass is 16.6. The van der Waals surface area contributed by atoms with Crippen LogP contribution in [0.15, 0.2) is 11.1 Å². The zero-order valence-electron chi connectivity index (χ0n) is 38.1. The molecule has 0 aromatic carbocycles. The molecule has 11 nitrogen and oxygen atoms in total. The first-order valence-corrected chi connectivity index (χ1v) is 22.4. The quantitative estimate of drug-likeness (QED) is 0.243. The Kier molecular flexibility index (Phi) is 11.3. The molecule has 5 fully saturated rings. The number of hydrogen-bond donors (Lipinski definition) is 2. The Balaban J connectivity index is 1.21. The van der Waals surface area contributed by atoms with Crippen molar-refractivity contribution in [3.8, 4) is 0 Å². The Morgan fingerprint density at radius 2 is 1.50 bits per heavy atom. The number of ketones is 1. The van der Waals surface area contributed by atoms with E-state index >= 15 is 0 Å². The molecule has 6 rings (SSSR count). The van der Waals surface area contributed by atoms with Crippen molar-refractivity contribution in [2.24, 2.45) is 50.7 Å². The molecule has 0 bridgehead atoms. The van der Waals surface area contributed by atoms with Gasteiger partial charge in [0.05, 0.1) is 17.4 Å². The summed E-state index contributed by atoms with van der Waals surface area (Å²) in [7, 11) is 1.78. The van der Waals surface area contributed by atoms with Crippen LogP contribution >= 0.6 is 0 Å². The molecule has 0 radical (unpaired) electrons. The fourth-order valence-electron chi connectivity index (χ4n) is 13.8. The number of fused-ring (bicyclic) bond motifs is 7.